The van der Waals surface area contributed by atoms with Gasteiger partial charge in [0.1, 0.15) is 11.6 Å². The van der Waals surface area contributed by atoms with E-state index in [1.807, 2.05) is 0 Å². The summed E-state index contributed by atoms with van der Waals surface area (Å²) < 4.78 is 53.6. The predicted molar refractivity (Wildman–Crippen MR) is 94.1 cm³/mol. The van der Waals surface area contributed by atoms with Crippen molar-refractivity contribution in [1.29, 1.82) is 0 Å². The molecular formula is C17H15F2N3O5S. The summed E-state index contributed by atoms with van der Waals surface area (Å²) in [5.41, 5.74) is -0.772. The van der Waals surface area contributed by atoms with Crippen LogP contribution in [0.15, 0.2) is 47.4 Å². The Bertz CT molecular complexity index is 1040. The van der Waals surface area contributed by atoms with Crippen molar-refractivity contribution in [2.45, 2.75) is 4.90 Å². The van der Waals surface area contributed by atoms with Crippen molar-refractivity contribution in [3.8, 4) is 0 Å². The van der Waals surface area contributed by atoms with Crippen LogP contribution in [0.2, 0.25) is 0 Å². The molecule has 0 spiro atoms. The van der Waals surface area contributed by atoms with Crippen LogP contribution < -0.4 is 0 Å². The Morgan fingerprint density at radius 1 is 1.04 bits per heavy atom. The Morgan fingerprint density at radius 3 is 2.36 bits per heavy atom. The molecule has 148 valence electrons. The SMILES string of the molecule is O=C(c1cc(F)ccc1F)N1CCN(S(=O)(=O)c2cccc([N+](=O)[O-])c2)CC1. The lowest BCUT2D eigenvalue weighted by atomic mass is 10.1. The summed E-state index contributed by atoms with van der Waals surface area (Å²) in [6, 6.07) is 7.22. The zero-order valence-electron chi connectivity index (χ0n) is 14.4. The number of halogens is 2. The molecule has 0 bridgehead atoms. The minimum absolute atomic E-state index is 0.0249. The first-order valence-electron chi connectivity index (χ1n) is 8.19. The number of carbonyl (C=O) groups is 1. The number of carbonyl (C=O) groups excluding carboxylic acids is 1. The van der Waals surface area contributed by atoms with Crippen LogP contribution in [0.1, 0.15) is 10.4 Å². The maximum Gasteiger partial charge on any atom is 0.270 e. The Labute approximate surface area is 159 Å². The molecule has 8 nitrogen and oxygen atoms in total. The van der Waals surface area contributed by atoms with Crippen LogP contribution in [0.5, 0.6) is 0 Å². The maximum atomic E-state index is 13.8. The number of hydrogen-bond donors (Lipinski definition) is 0. The number of nitro benzene ring substituents is 1. The lowest BCUT2D eigenvalue weighted by molar-refractivity contribution is -0.385. The van der Waals surface area contributed by atoms with E-state index in [0.29, 0.717) is 0 Å². The molecule has 2 aromatic rings. The monoisotopic (exact) mass is 411 g/mol. The van der Waals surface area contributed by atoms with E-state index in [1.165, 1.54) is 23.1 Å². The van der Waals surface area contributed by atoms with Crippen molar-refractivity contribution >= 4 is 21.6 Å². The molecule has 1 amide bonds. The van der Waals surface area contributed by atoms with Gasteiger partial charge in [-0.25, -0.2) is 17.2 Å². The van der Waals surface area contributed by atoms with Crippen LogP contribution in [-0.4, -0.2) is 54.6 Å². The van der Waals surface area contributed by atoms with Gasteiger partial charge < -0.3 is 4.90 Å². The average Bonchev–Trinajstić information content (AvgIpc) is 2.69. The highest BCUT2D eigenvalue weighted by atomic mass is 32.2. The molecule has 28 heavy (non-hydrogen) atoms. The van der Waals surface area contributed by atoms with Gasteiger partial charge in [0, 0.05) is 38.3 Å². The summed E-state index contributed by atoms with van der Waals surface area (Å²) in [6.07, 6.45) is 0. The van der Waals surface area contributed by atoms with Gasteiger partial charge in [0.15, 0.2) is 0 Å². The van der Waals surface area contributed by atoms with Gasteiger partial charge in [-0.3, -0.25) is 14.9 Å². The summed E-state index contributed by atoms with van der Waals surface area (Å²) >= 11 is 0. The standard InChI is InChI=1S/C17H15F2N3O5S/c18-12-4-5-16(19)15(10-12)17(23)20-6-8-21(9-7-20)28(26,27)14-3-1-2-13(11-14)22(24)25/h1-5,10-11H,6-9H2. The third-order valence-corrected chi connectivity index (χ3v) is 6.25. The van der Waals surface area contributed by atoms with E-state index in [1.54, 1.807) is 0 Å². The van der Waals surface area contributed by atoms with E-state index in [9.17, 15) is 32.1 Å². The minimum Gasteiger partial charge on any atom is -0.336 e. The predicted octanol–water partition coefficient (Wildman–Crippen LogP) is 2.02. The second-order valence-corrected chi connectivity index (χ2v) is 8.01. The summed E-state index contributed by atoms with van der Waals surface area (Å²) in [4.78, 5) is 23.6. The van der Waals surface area contributed by atoms with E-state index >= 15 is 0 Å². The molecule has 1 aliphatic heterocycles. The van der Waals surface area contributed by atoms with Crippen LogP contribution in [0.4, 0.5) is 14.5 Å². The number of amides is 1. The summed E-state index contributed by atoms with van der Waals surface area (Å²) in [5.74, 6) is -2.35. The van der Waals surface area contributed by atoms with Crippen LogP contribution >= 0.6 is 0 Å². The van der Waals surface area contributed by atoms with Crippen LogP contribution in [0.3, 0.4) is 0 Å². The van der Waals surface area contributed by atoms with E-state index in [-0.39, 0.29) is 36.8 Å². The quantitative estimate of drug-likeness (QED) is 0.566. The number of nitrogens with zero attached hydrogens (tertiary/aromatic N) is 3. The molecule has 0 unspecified atom stereocenters. The summed E-state index contributed by atoms with van der Waals surface area (Å²) in [6.45, 7) is -0.201. The molecular weight excluding hydrogens is 396 g/mol. The maximum absolute atomic E-state index is 13.8. The van der Waals surface area contributed by atoms with E-state index in [0.717, 1.165) is 28.6 Å². The Kier molecular flexibility index (Phi) is 5.38. The van der Waals surface area contributed by atoms with Gasteiger partial charge in [-0.15, -0.1) is 0 Å². The van der Waals surface area contributed by atoms with Gasteiger partial charge in [0.2, 0.25) is 10.0 Å². The molecule has 0 aliphatic carbocycles. The molecule has 2 aromatic carbocycles. The molecule has 0 aromatic heterocycles. The largest absolute Gasteiger partial charge is 0.336 e. The fraction of sp³-hybridized carbons (Fsp3) is 0.235. The number of rotatable bonds is 4. The lowest BCUT2D eigenvalue weighted by Crippen LogP contribution is -2.50. The molecule has 0 N–H and O–H groups in total. The Balaban J connectivity index is 1.74. The molecule has 1 heterocycles. The molecule has 1 fully saturated rings. The zero-order chi connectivity index (χ0) is 20.5. The van der Waals surface area contributed by atoms with E-state index < -0.39 is 38.1 Å². The van der Waals surface area contributed by atoms with Crippen molar-refractivity contribution in [1.82, 2.24) is 9.21 Å². The molecule has 0 radical (unpaired) electrons. The topological polar surface area (TPSA) is 101 Å². The van der Waals surface area contributed by atoms with Crippen LogP contribution in [0.25, 0.3) is 0 Å². The molecule has 0 saturated carbocycles. The number of nitro groups is 1. The summed E-state index contributed by atoms with van der Waals surface area (Å²) in [5, 5.41) is 10.9. The van der Waals surface area contributed by atoms with Crippen molar-refractivity contribution < 1.29 is 26.9 Å². The first-order chi connectivity index (χ1) is 13.2. The number of hydrogen-bond acceptors (Lipinski definition) is 5. The highest BCUT2D eigenvalue weighted by molar-refractivity contribution is 7.89. The fourth-order valence-electron chi connectivity index (χ4n) is 2.87. The van der Waals surface area contributed by atoms with Gasteiger partial charge >= 0.3 is 0 Å². The average molecular weight is 411 g/mol. The van der Waals surface area contributed by atoms with E-state index in [2.05, 4.69) is 0 Å². The van der Waals surface area contributed by atoms with Gasteiger partial charge in [-0.1, -0.05) is 6.07 Å². The number of piperazine rings is 1. The normalized spacial score (nSPS) is 15.4. The zero-order valence-corrected chi connectivity index (χ0v) is 15.2. The molecule has 11 heteroatoms. The second-order valence-electron chi connectivity index (χ2n) is 6.07. The van der Waals surface area contributed by atoms with Crippen molar-refractivity contribution in [2.75, 3.05) is 26.2 Å². The van der Waals surface area contributed by atoms with Gasteiger partial charge in [0.05, 0.1) is 15.4 Å². The van der Waals surface area contributed by atoms with Crippen LogP contribution in [0, 0.1) is 21.7 Å². The Morgan fingerprint density at radius 2 is 1.71 bits per heavy atom. The number of benzene rings is 2. The van der Waals surface area contributed by atoms with Crippen molar-refractivity contribution in [3.05, 3.63) is 69.8 Å². The fourth-order valence-corrected chi connectivity index (χ4v) is 4.33. The smallest absolute Gasteiger partial charge is 0.270 e. The van der Waals surface area contributed by atoms with E-state index in [4.69, 9.17) is 0 Å². The van der Waals surface area contributed by atoms with Gasteiger partial charge in [-0.2, -0.15) is 4.31 Å². The number of sulfonamides is 1. The first-order valence-corrected chi connectivity index (χ1v) is 9.63. The van der Waals surface area contributed by atoms with Crippen molar-refractivity contribution in [2.24, 2.45) is 0 Å². The number of non-ortho nitro benzene ring substituents is 1. The van der Waals surface area contributed by atoms with Crippen molar-refractivity contribution in [3.63, 3.8) is 0 Å². The first kappa shape index (κ1) is 19.8. The third-order valence-electron chi connectivity index (χ3n) is 4.35. The van der Waals surface area contributed by atoms with Gasteiger partial charge in [0.25, 0.3) is 11.6 Å². The Hall–Kier alpha value is -2.92. The molecule has 1 aliphatic rings. The second kappa shape index (κ2) is 7.60. The molecule has 3 rings (SSSR count). The van der Waals surface area contributed by atoms with Crippen LogP contribution in [-0.2, 0) is 10.0 Å². The molecule has 0 atom stereocenters. The lowest BCUT2D eigenvalue weighted by Gasteiger charge is -2.34. The summed E-state index contributed by atoms with van der Waals surface area (Å²) in [7, 11) is -3.99. The highest BCUT2D eigenvalue weighted by Crippen LogP contribution is 2.22. The molecule has 1 saturated heterocycles. The van der Waals surface area contributed by atoms with Gasteiger partial charge in [-0.05, 0) is 24.3 Å². The highest BCUT2D eigenvalue weighted by Gasteiger charge is 2.32. The third kappa shape index (κ3) is 3.85. The minimum atomic E-state index is -3.99.